The van der Waals surface area contributed by atoms with Crippen LogP contribution < -0.4 is 0 Å². The molecule has 2 heterocycles. The molecule has 0 amide bonds. The largest absolute Gasteiger partial charge is 0.456 e. The highest BCUT2D eigenvalue weighted by Gasteiger charge is 2.43. The minimum Gasteiger partial charge on any atom is -0.330 e. The summed E-state index contributed by atoms with van der Waals surface area (Å²) < 4.78 is 38.9. The third-order valence-corrected chi connectivity index (χ3v) is 2.91. The lowest BCUT2D eigenvalue weighted by molar-refractivity contribution is -0.0888. The number of ketones is 1. The molecule has 1 aromatic rings. The summed E-state index contributed by atoms with van der Waals surface area (Å²) in [6.07, 6.45) is -3.05. The molecule has 0 aliphatic carbocycles. The molecule has 0 fully saturated rings. The van der Waals surface area contributed by atoms with Crippen molar-refractivity contribution in [3.8, 4) is 6.07 Å². The lowest BCUT2D eigenvalue weighted by atomic mass is 10.1. The van der Waals surface area contributed by atoms with Gasteiger partial charge in [-0.25, -0.2) is 4.98 Å². The van der Waals surface area contributed by atoms with Gasteiger partial charge in [0.2, 0.25) is 0 Å². The van der Waals surface area contributed by atoms with E-state index in [-0.39, 0.29) is 12.2 Å². The van der Waals surface area contributed by atoms with Gasteiger partial charge in [-0.2, -0.15) is 18.4 Å². The van der Waals surface area contributed by atoms with Gasteiger partial charge in [-0.1, -0.05) is 0 Å². The smallest absolute Gasteiger partial charge is 0.330 e. The zero-order chi connectivity index (χ0) is 13.3. The summed E-state index contributed by atoms with van der Waals surface area (Å²) in [5.74, 6) is -1.67. The van der Waals surface area contributed by atoms with E-state index in [1.54, 1.807) is 4.57 Å². The van der Waals surface area contributed by atoms with Crippen LogP contribution in [0.25, 0.3) is 0 Å². The molecule has 0 aromatic carbocycles. The quantitative estimate of drug-likeness (QED) is 0.762. The van der Waals surface area contributed by atoms with Gasteiger partial charge in [0.05, 0.1) is 12.5 Å². The van der Waals surface area contributed by atoms with Crippen molar-refractivity contribution in [2.75, 3.05) is 0 Å². The average molecular weight is 257 g/mol. The highest BCUT2D eigenvalue weighted by atomic mass is 19.4. The second-order valence-electron chi connectivity index (χ2n) is 4.09. The summed E-state index contributed by atoms with van der Waals surface area (Å²) in [6, 6.07) is 1.85. The molecule has 7 heteroatoms. The van der Waals surface area contributed by atoms with Crippen LogP contribution in [0.15, 0.2) is 0 Å². The average Bonchev–Trinajstić information content (AvgIpc) is 2.67. The van der Waals surface area contributed by atoms with Crippen molar-refractivity contribution in [1.82, 2.24) is 9.55 Å². The molecule has 0 saturated heterocycles. The van der Waals surface area contributed by atoms with E-state index in [1.807, 2.05) is 6.07 Å². The van der Waals surface area contributed by atoms with Gasteiger partial charge in [0.15, 0.2) is 0 Å². The fourth-order valence-electron chi connectivity index (χ4n) is 2.14. The van der Waals surface area contributed by atoms with Crippen LogP contribution in [0.1, 0.15) is 34.8 Å². The number of hydrogen-bond acceptors (Lipinski definition) is 3. The first-order valence-electron chi connectivity index (χ1n) is 5.52. The maximum absolute atomic E-state index is 12.4. The number of Topliss-reactive ketones (excluding diaryl/α,β-unsaturated/α-hetero) is 1. The molecule has 1 aromatic heterocycles. The Labute approximate surface area is 101 Å². The van der Waals surface area contributed by atoms with E-state index in [9.17, 15) is 18.0 Å². The first kappa shape index (κ1) is 12.6. The van der Waals surface area contributed by atoms with Crippen LogP contribution in [0.2, 0.25) is 0 Å². The Morgan fingerprint density at radius 1 is 1.44 bits per heavy atom. The number of rotatable bonds is 2. The molecule has 0 radical (unpaired) electrons. The van der Waals surface area contributed by atoms with E-state index in [2.05, 4.69) is 4.98 Å². The topological polar surface area (TPSA) is 58.7 Å². The molecule has 2 rings (SSSR count). The summed E-state index contributed by atoms with van der Waals surface area (Å²) in [5.41, 5.74) is -0.221. The number of nitriles is 1. The van der Waals surface area contributed by atoms with Crippen molar-refractivity contribution in [2.24, 2.45) is 0 Å². The van der Waals surface area contributed by atoms with Gasteiger partial charge in [-0.05, 0) is 19.3 Å². The molecule has 4 nitrogen and oxygen atoms in total. The molecule has 1 aliphatic heterocycles. The van der Waals surface area contributed by atoms with Crippen LogP contribution in [0, 0.1) is 11.3 Å². The molecule has 0 unspecified atom stereocenters. The molecule has 1 aliphatic rings. The minimum absolute atomic E-state index is 0.0852. The number of alkyl halides is 3. The van der Waals surface area contributed by atoms with Gasteiger partial charge < -0.3 is 4.57 Å². The lowest BCUT2D eigenvalue weighted by Crippen LogP contribution is -2.25. The van der Waals surface area contributed by atoms with Crippen molar-refractivity contribution in [2.45, 2.75) is 38.4 Å². The second kappa shape index (κ2) is 4.44. The molecule has 0 N–H and O–H groups in total. The lowest BCUT2D eigenvalue weighted by Gasteiger charge is -2.16. The maximum Gasteiger partial charge on any atom is 0.456 e. The Morgan fingerprint density at radius 3 is 2.78 bits per heavy atom. The third kappa shape index (κ3) is 2.10. The van der Waals surface area contributed by atoms with E-state index in [1.165, 1.54) is 0 Å². The van der Waals surface area contributed by atoms with Gasteiger partial charge in [0.1, 0.15) is 11.5 Å². The molecular weight excluding hydrogens is 247 g/mol. The Balaban J connectivity index is 2.49. The minimum atomic E-state index is -4.92. The zero-order valence-corrected chi connectivity index (χ0v) is 9.42. The number of carbonyl (C=O) groups excluding carboxylic acids is 1. The van der Waals surface area contributed by atoms with Crippen LogP contribution in [0.5, 0.6) is 0 Å². The highest BCUT2D eigenvalue weighted by Crippen LogP contribution is 2.27. The van der Waals surface area contributed by atoms with Gasteiger partial charge in [-0.15, -0.1) is 0 Å². The molecule has 0 atom stereocenters. The van der Waals surface area contributed by atoms with Crippen molar-refractivity contribution in [1.29, 1.82) is 5.26 Å². The van der Waals surface area contributed by atoms with Crippen molar-refractivity contribution < 1.29 is 18.0 Å². The molecule has 0 spiro atoms. The summed E-state index contributed by atoms with van der Waals surface area (Å²) in [7, 11) is 0. The van der Waals surface area contributed by atoms with Crippen molar-refractivity contribution in [3.63, 3.8) is 0 Å². The Morgan fingerprint density at radius 2 is 2.17 bits per heavy atom. The van der Waals surface area contributed by atoms with Crippen molar-refractivity contribution in [3.05, 3.63) is 17.2 Å². The SMILES string of the molecule is N#CCc1nc(C(=O)C(F)(F)F)c2n1CCCC2. The fraction of sp³-hybridized carbons (Fsp3) is 0.545. The summed E-state index contributed by atoms with van der Waals surface area (Å²) >= 11 is 0. The molecule has 18 heavy (non-hydrogen) atoms. The monoisotopic (exact) mass is 257 g/mol. The van der Waals surface area contributed by atoms with Gasteiger partial charge >= 0.3 is 6.18 Å². The molecular formula is C11H10F3N3O. The van der Waals surface area contributed by atoms with E-state index >= 15 is 0 Å². The number of imidazole rings is 1. The number of hydrogen-bond donors (Lipinski definition) is 0. The number of fused-ring (bicyclic) bond motifs is 1. The predicted molar refractivity (Wildman–Crippen MR) is 54.9 cm³/mol. The molecule has 0 bridgehead atoms. The van der Waals surface area contributed by atoms with Crippen molar-refractivity contribution >= 4 is 5.78 Å². The van der Waals surface area contributed by atoms with E-state index in [0.29, 0.717) is 18.7 Å². The van der Waals surface area contributed by atoms with Gasteiger partial charge in [0, 0.05) is 12.2 Å². The second-order valence-corrected chi connectivity index (χ2v) is 4.09. The van der Waals surface area contributed by atoms with E-state index in [0.717, 1.165) is 12.8 Å². The fourth-order valence-corrected chi connectivity index (χ4v) is 2.14. The first-order valence-corrected chi connectivity index (χ1v) is 5.52. The van der Waals surface area contributed by atoms with Crippen LogP contribution in [-0.4, -0.2) is 21.5 Å². The van der Waals surface area contributed by atoms with Crippen LogP contribution >= 0.6 is 0 Å². The van der Waals surface area contributed by atoms with Gasteiger partial charge in [0.25, 0.3) is 5.78 Å². The summed E-state index contributed by atoms with van der Waals surface area (Å²) in [6.45, 7) is 0.518. The van der Waals surface area contributed by atoms with E-state index < -0.39 is 17.7 Å². The predicted octanol–water partition coefficient (Wildman–Crippen LogP) is 2.03. The van der Waals surface area contributed by atoms with Gasteiger partial charge in [-0.3, -0.25) is 4.79 Å². The van der Waals surface area contributed by atoms with Crippen LogP contribution in [0.3, 0.4) is 0 Å². The van der Waals surface area contributed by atoms with Crippen LogP contribution in [0.4, 0.5) is 13.2 Å². The number of aromatic nitrogens is 2. The summed E-state index contributed by atoms with van der Waals surface area (Å²) in [5, 5.41) is 8.62. The van der Waals surface area contributed by atoms with E-state index in [4.69, 9.17) is 5.26 Å². The highest BCUT2D eigenvalue weighted by molar-refractivity contribution is 5.99. The maximum atomic E-state index is 12.4. The normalized spacial score (nSPS) is 15.0. The number of nitrogens with zero attached hydrogens (tertiary/aromatic N) is 3. The number of carbonyl (C=O) groups is 1. The first-order chi connectivity index (χ1) is 8.45. The Hall–Kier alpha value is -1.84. The Bertz CT molecular complexity index is 525. The summed E-state index contributed by atoms with van der Waals surface area (Å²) in [4.78, 5) is 15.0. The Kier molecular flexibility index (Phi) is 3.11. The molecule has 0 saturated carbocycles. The molecule has 96 valence electrons. The third-order valence-electron chi connectivity index (χ3n) is 2.91. The standard InChI is InChI=1S/C11H10F3N3O/c12-11(13,14)10(18)9-7-3-1-2-6-17(7)8(16-9)4-5-15/h1-4,6H2. The van der Waals surface area contributed by atoms with Crippen LogP contribution in [-0.2, 0) is 19.4 Å². The zero-order valence-electron chi connectivity index (χ0n) is 9.42. The number of halogens is 3.